The summed E-state index contributed by atoms with van der Waals surface area (Å²) >= 11 is 0. The maximum atomic E-state index is 8.47. The van der Waals surface area contributed by atoms with Gasteiger partial charge in [0, 0.05) is 0 Å². The molecule has 0 atom stereocenters. The zero-order chi connectivity index (χ0) is 3.58. The SMILES string of the molecule is [H-].[Na+].[O-]N(O)O.[SbH2]. The molecular formula is H5NNaO3Sb-. The van der Waals surface area contributed by atoms with Crippen molar-refractivity contribution < 1.29 is 41.4 Å². The quantitative estimate of drug-likeness (QED) is 0.315. The van der Waals surface area contributed by atoms with Crippen LogP contribution in [0.1, 0.15) is 1.43 Å². The van der Waals surface area contributed by atoms with Crippen molar-refractivity contribution in [2.24, 2.45) is 0 Å². The van der Waals surface area contributed by atoms with E-state index in [0.29, 0.717) is 0 Å². The van der Waals surface area contributed by atoms with Gasteiger partial charge in [-0.05, 0) is 0 Å². The number of rotatable bonds is 0. The van der Waals surface area contributed by atoms with Gasteiger partial charge in [-0.25, -0.2) is 0 Å². The molecule has 0 unspecified atom stereocenters. The second kappa shape index (κ2) is 9.82. The fourth-order valence-corrected chi connectivity index (χ4v) is 0. The summed E-state index contributed by atoms with van der Waals surface area (Å²) in [5.74, 6) is 0. The molecule has 0 aromatic carbocycles. The Hall–Kier alpha value is 1.66. The summed E-state index contributed by atoms with van der Waals surface area (Å²) in [6, 6.07) is 0. The van der Waals surface area contributed by atoms with Crippen LogP contribution < -0.4 is 29.6 Å². The Kier molecular flexibility index (Phi) is 25.6. The first-order valence-corrected chi connectivity index (χ1v) is 0.583. The molecular weight excluding hydrogens is 207 g/mol. The molecule has 0 aromatic heterocycles. The van der Waals surface area contributed by atoms with E-state index in [0.717, 1.165) is 0 Å². The topological polar surface area (TPSA) is 66.8 Å². The molecule has 0 saturated carbocycles. The summed E-state index contributed by atoms with van der Waals surface area (Å²) in [7, 11) is 0. The Morgan fingerprint density at radius 2 is 1.50 bits per heavy atom. The molecule has 0 aliphatic rings. The molecule has 2 N–H and O–H groups in total. The third kappa shape index (κ3) is 44.7. The van der Waals surface area contributed by atoms with Gasteiger partial charge in [0.1, 0.15) is 0 Å². The normalized spacial score (nSPS) is 6.00. The molecule has 0 heterocycles. The van der Waals surface area contributed by atoms with Gasteiger partial charge in [0.15, 0.2) is 0 Å². The fraction of sp³-hybridized carbons (Fsp3) is 0. The summed E-state index contributed by atoms with van der Waals surface area (Å²) in [4.78, 5) is 0. The van der Waals surface area contributed by atoms with Gasteiger partial charge >= 0.3 is 54.0 Å². The van der Waals surface area contributed by atoms with Crippen molar-refractivity contribution >= 4 is 24.4 Å². The minimum absolute atomic E-state index is 0. The van der Waals surface area contributed by atoms with Gasteiger partial charge in [0.2, 0.25) is 0 Å². The first-order valence-electron chi connectivity index (χ1n) is 0.583. The molecule has 0 aromatic rings. The third-order valence-corrected chi connectivity index (χ3v) is 0. The van der Waals surface area contributed by atoms with E-state index < -0.39 is 5.39 Å². The Labute approximate surface area is 75.8 Å². The first-order chi connectivity index (χ1) is 1.73. The molecule has 0 fully saturated rings. The van der Waals surface area contributed by atoms with Gasteiger partial charge < -0.3 is 17.0 Å². The Morgan fingerprint density at radius 3 is 1.50 bits per heavy atom. The van der Waals surface area contributed by atoms with Crippen LogP contribution in [-0.2, 0) is 0 Å². The predicted octanol–water partition coefficient (Wildman–Crippen LogP) is -4.24. The zero-order valence-corrected chi connectivity index (χ0v) is 8.62. The van der Waals surface area contributed by atoms with Gasteiger partial charge in [-0.1, -0.05) is 0 Å². The fourth-order valence-electron chi connectivity index (χ4n) is 0. The minimum atomic E-state index is -1.25. The van der Waals surface area contributed by atoms with Crippen LogP contribution in [0.3, 0.4) is 0 Å². The Balaban J connectivity index is -0.0000000150. The number of hydrogen-bond donors (Lipinski definition) is 2. The zero-order valence-electron chi connectivity index (χ0n) is 4.33. The summed E-state index contributed by atoms with van der Waals surface area (Å²) in [5.41, 5.74) is 0. The van der Waals surface area contributed by atoms with Gasteiger partial charge in [-0.15, -0.1) is 5.39 Å². The van der Waals surface area contributed by atoms with Crippen molar-refractivity contribution in [3.8, 4) is 0 Å². The van der Waals surface area contributed by atoms with E-state index in [1.807, 2.05) is 0 Å². The van der Waals surface area contributed by atoms with E-state index in [2.05, 4.69) is 0 Å². The van der Waals surface area contributed by atoms with Crippen molar-refractivity contribution in [3.05, 3.63) is 5.21 Å². The Bertz CT molecular complexity index is 19.7. The van der Waals surface area contributed by atoms with E-state index in [9.17, 15) is 0 Å². The molecule has 4 nitrogen and oxygen atoms in total. The molecule has 1 radical (unpaired) electrons. The van der Waals surface area contributed by atoms with Crippen molar-refractivity contribution in [1.29, 1.82) is 0 Å². The van der Waals surface area contributed by atoms with E-state index in [1.165, 1.54) is 0 Å². The number of hydrogen-bond acceptors (Lipinski definition) is 4. The summed E-state index contributed by atoms with van der Waals surface area (Å²) in [5, 5.41) is 21.0. The average Bonchev–Trinajstić information content (AvgIpc) is 0.811. The molecule has 0 spiro atoms. The van der Waals surface area contributed by atoms with Gasteiger partial charge in [0.05, 0.1) is 0 Å². The molecule has 0 saturated heterocycles. The first kappa shape index (κ1) is 15.6. The van der Waals surface area contributed by atoms with E-state index in [1.54, 1.807) is 0 Å². The maximum absolute atomic E-state index is 8.47. The monoisotopic (exact) mass is 211 g/mol. The van der Waals surface area contributed by atoms with E-state index >= 15 is 0 Å². The standard InChI is InChI=1S/H2NO3.Na.Sb.3H/c2-1(3)4;;;;;/h2-3H;;;;;/q-1;+1;;;;-1. The molecule has 0 amide bonds. The van der Waals surface area contributed by atoms with Crippen LogP contribution in [0.5, 0.6) is 0 Å². The Morgan fingerprint density at radius 1 is 1.50 bits per heavy atom. The summed E-state index contributed by atoms with van der Waals surface area (Å²) < 4.78 is 0. The van der Waals surface area contributed by atoms with Crippen molar-refractivity contribution in [1.82, 2.24) is 5.39 Å². The van der Waals surface area contributed by atoms with Crippen LogP contribution in [0.2, 0.25) is 0 Å². The summed E-state index contributed by atoms with van der Waals surface area (Å²) in [6.07, 6.45) is 0. The molecule has 0 aliphatic carbocycles. The van der Waals surface area contributed by atoms with Crippen molar-refractivity contribution in [2.75, 3.05) is 0 Å². The molecule has 35 valence electrons. The van der Waals surface area contributed by atoms with E-state index in [4.69, 9.17) is 15.6 Å². The second-order valence-electron chi connectivity index (χ2n) is 0.253. The van der Waals surface area contributed by atoms with Crippen LogP contribution >= 0.6 is 0 Å². The molecule has 0 bridgehead atoms. The third-order valence-electron chi connectivity index (χ3n) is 0. The molecule has 6 heavy (non-hydrogen) atoms. The van der Waals surface area contributed by atoms with Crippen LogP contribution in [0, 0.1) is 5.21 Å². The van der Waals surface area contributed by atoms with Crippen molar-refractivity contribution in [3.63, 3.8) is 0 Å². The van der Waals surface area contributed by atoms with E-state index in [-0.39, 0.29) is 55.4 Å². The van der Waals surface area contributed by atoms with Gasteiger partial charge in [0.25, 0.3) is 0 Å². The molecule has 0 aliphatic heterocycles. The predicted molar refractivity (Wildman–Crippen MR) is 18.4 cm³/mol. The number of nitrogens with zero attached hydrogens (tertiary/aromatic N) is 1. The molecule has 0 rings (SSSR count). The van der Waals surface area contributed by atoms with Crippen LogP contribution in [0.4, 0.5) is 0 Å². The summed E-state index contributed by atoms with van der Waals surface area (Å²) in [6.45, 7) is 0. The van der Waals surface area contributed by atoms with Crippen LogP contribution in [-0.4, -0.2) is 40.2 Å². The average molecular weight is 212 g/mol. The van der Waals surface area contributed by atoms with Gasteiger partial charge in [-0.2, -0.15) is 0 Å². The second-order valence-corrected chi connectivity index (χ2v) is 0.253. The van der Waals surface area contributed by atoms with Crippen molar-refractivity contribution in [2.45, 2.75) is 0 Å². The van der Waals surface area contributed by atoms with Gasteiger partial charge in [-0.3, -0.25) is 0 Å². The van der Waals surface area contributed by atoms with Crippen LogP contribution in [0.25, 0.3) is 0 Å². The van der Waals surface area contributed by atoms with Crippen LogP contribution in [0.15, 0.2) is 0 Å². The molecule has 6 heteroatoms.